The van der Waals surface area contributed by atoms with Crippen molar-refractivity contribution >= 4 is 0 Å². The molecular weight excluding hydrogens is 187 g/mol. The molecule has 0 bridgehead atoms. The Morgan fingerprint density at radius 3 is 2.27 bits per heavy atom. The fraction of sp³-hybridized carbons (Fsp3) is 0.625. The Bertz CT molecular complexity index is 80.2. The molecule has 11 heavy (non-hydrogen) atoms. The summed E-state index contributed by atoms with van der Waals surface area (Å²) in [7, 11) is 0. The van der Waals surface area contributed by atoms with E-state index in [9.17, 15) is 0 Å². The first-order valence-electron chi connectivity index (χ1n) is 3.33. The van der Waals surface area contributed by atoms with Gasteiger partial charge >= 0.3 is 19.5 Å². The van der Waals surface area contributed by atoms with Gasteiger partial charge in [-0.25, -0.2) is 0 Å². The van der Waals surface area contributed by atoms with E-state index in [2.05, 4.69) is 35.2 Å². The predicted octanol–water partition coefficient (Wildman–Crippen LogP) is 1.87. The van der Waals surface area contributed by atoms with Gasteiger partial charge in [0.25, 0.3) is 0 Å². The maximum absolute atomic E-state index is 7.94. The van der Waals surface area contributed by atoms with Crippen LogP contribution in [0.2, 0.25) is 0 Å². The standard InChI is InChI=1S/C5H9O.C3H5.Co.O/c1-5-3-2-4-6-5;1-3-2;;/h5H,1-4H2;1H2,2H3;;/q2*-1;;. The molecule has 69 valence electrons. The Morgan fingerprint density at radius 2 is 2.18 bits per heavy atom. The molecule has 0 saturated carbocycles. The zero-order chi connectivity index (χ0) is 9.11. The molecule has 1 fully saturated rings. The molecule has 3 heteroatoms. The van der Waals surface area contributed by atoms with Gasteiger partial charge in [0.2, 0.25) is 0 Å². The van der Waals surface area contributed by atoms with Crippen LogP contribution in [0.1, 0.15) is 19.8 Å². The Hall–Kier alpha value is 0.00649. The van der Waals surface area contributed by atoms with Gasteiger partial charge in [-0.15, -0.1) is 0 Å². The summed E-state index contributed by atoms with van der Waals surface area (Å²) < 4.78 is 13.0. The molecule has 0 aromatic rings. The average molecular weight is 201 g/mol. The van der Waals surface area contributed by atoms with Crippen LogP contribution in [0, 0.1) is 13.0 Å². The van der Waals surface area contributed by atoms with Gasteiger partial charge in [-0.1, -0.05) is 12.5 Å². The van der Waals surface area contributed by atoms with E-state index in [0.29, 0.717) is 6.10 Å². The van der Waals surface area contributed by atoms with Crippen LogP contribution in [0.5, 0.6) is 0 Å². The van der Waals surface area contributed by atoms with E-state index in [-0.39, 0.29) is 0 Å². The van der Waals surface area contributed by atoms with Gasteiger partial charge in [0.15, 0.2) is 0 Å². The number of allylic oxidation sites excluding steroid dienone is 1. The molecule has 0 aromatic heterocycles. The summed E-state index contributed by atoms with van der Waals surface area (Å²) >= 11 is 2.31. The van der Waals surface area contributed by atoms with Crippen LogP contribution < -0.4 is 0 Å². The number of rotatable bonds is 0. The van der Waals surface area contributed by atoms with Crippen molar-refractivity contribution in [3.05, 3.63) is 19.6 Å². The molecule has 1 rings (SSSR count). The van der Waals surface area contributed by atoms with Crippen molar-refractivity contribution in [1.82, 2.24) is 0 Å². The summed E-state index contributed by atoms with van der Waals surface area (Å²) in [5.74, 6) is 0. The molecule has 0 aromatic carbocycles. The SMILES string of the molecule is C=[C-]C.[CH2-]C1CCCO1.[O]=[Co]. The van der Waals surface area contributed by atoms with E-state index in [1.807, 2.05) is 0 Å². The van der Waals surface area contributed by atoms with E-state index in [0.717, 1.165) is 13.0 Å². The fourth-order valence-electron chi connectivity index (χ4n) is 0.644. The Labute approximate surface area is 76.8 Å². The van der Waals surface area contributed by atoms with E-state index in [4.69, 9.17) is 8.60 Å². The summed E-state index contributed by atoms with van der Waals surface area (Å²) in [6, 6.07) is 0. The van der Waals surface area contributed by atoms with Gasteiger partial charge in [-0.3, -0.25) is 6.58 Å². The Balaban J connectivity index is 0. The van der Waals surface area contributed by atoms with Crippen LogP contribution in [0.15, 0.2) is 6.58 Å². The monoisotopic (exact) mass is 201 g/mol. The Kier molecular flexibility index (Phi) is 15.6. The van der Waals surface area contributed by atoms with Crippen LogP contribution in [-0.2, 0) is 24.3 Å². The maximum atomic E-state index is 7.94. The van der Waals surface area contributed by atoms with Crippen molar-refractivity contribution in [3.63, 3.8) is 0 Å². The molecule has 0 N–H and O–H groups in total. The number of ether oxygens (including phenoxy) is 1. The third kappa shape index (κ3) is 13.1. The molecule has 1 aliphatic heterocycles. The second-order valence-electron chi connectivity index (χ2n) is 1.99. The molecular formula is C8H14CoO2-2. The molecule has 1 heterocycles. The Morgan fingerprint density at radius 1 is 1.73 bits per heavy atom. The molecule has 1 atom stereocenters. The number of hydrogen-bond acceptors (Lipinski definition) is 2. The summed E-state index contributed by atoms with van der Waals surface area (Å²) in [5.41, 5.74) is 0. The van der Waals surface area contributed by atoms with E-state index < -0.39 is 0 Å². The van der Waals surface area contributed by atoms with Crippen LogP contribution in [0.25, 0.3) is 0 Å². The molecule has 0 amide bonds. The van der Waals surface area contributed by atoms with Crippen molar-refractivity contribution in [2.75, 3.05) is 6.61 Å². The van der Waals surface area contributed by atoms with Gasteiger partial charge < -0.3 is 17.7 Å². The van der Waals surface area contributed by atoms with Gasteiger partial charge in [0.05, 0.1) is 0 Å². The van der Waals surface area contributed by atoms with E-state index >= 15 is 0 Å². The van der Waals surface area contributed by atoms with Gasteiger partial charge in [0.1, 0.15) is 0 Å². The quantitative estimate of drug-likeness (QED) is 0.559. The average Bonchev–Trinajstić information content (AvgIpc) is 2.46. The fourth-order valence-corrected chi connectivity index (χ4v) is 0.644. The zero-order valence-electron chi connectivity index (χ0n) is 6.76. The second kappa shape index (κ2) is 12.7. The minimum atomic E-state index is 0.296. The van der Waals surface area contributed by atoms with Crippen LogP contribution in [0.4, 0.5) is 0 Å². The first kappa shape index (κ1) is 13.6. The third-order valence-electron chi connectivity index (χ3n) is 1.02. The minimum absolute atomic E-state index is 0.296. The van der Waals surface area contributed by atoms with Crippen LogP contribution >= 0.6 is 0 Å². The first-order valence-corrected chi connectivity index (χ1v) is 3.76. The summed E-state index contributed by atoms with van der Waals surface area (Å²) in [5, 5.41) is 0. The van der Waals surface area contributed by atoms with E-state index in [1.54, 1.807) is 6.92 Å². The molecule has 0 radical (unpaired) electrons. The van der Waals surface area contributed by atoms with Crippen molar-refractivity contribution in [1.29, 1.82) is 0 Å². The van der Waals surface area contributed by atoms with Crippen molar-refractivity contribution < 1.29 is 24.3 Å². The second-order valence-corrected chi connectivity index (χ2v) is 1.99. The van der Waals surface area contributed by atoms with Crippen molar-refractivity contribution in [3.8, 4) is 0 Å². The zero-order valence-corrected chi connectivity index (χ0v) is 7.80. The molecule has 1 unspecified atom stereocenters. The molecule has 0 aliphatic carbocycles. The summed E-state index contributed by atoms with van der Waals surface area (Å²) in [6.45, 7) is 9.64. The van der Waals surface area contributed by atoms with Gasteiger partial charge in [-0.05, 0) is 6.42 Å². The van der Waals surface area contributed by atoms with Crippen molar-refractivity contribution in [2.45, 2.75) is 25.9 Å². The molecule has 2 nitrogen and oxygen atoms in total. The predicted molar refractivity (Wildman–Crippen MR) is 39.6 cm³/mol. The van der Waals surface area contributed by atoms with Gasteiger partial charge in [0, 0.05) is 6.61 Å². The summed E-state index contributed by atoms with van der Waals surface area (Å²) in [4.78, 5) is 0. The molecule has 0 spiro atoms. The topological polar surface area (TPSA) is 26.3 Å². The number of hydrogen-bond donors (Lipinski definition) is 0. The first-order chi connectivity index (χ1) is 5.31. The molecule has 1 saturated heterocycles. The van der Waals surface area contributed by atoms with Crippen LogP contribution in [0.3, 0.4) is 0 Å². The third-order valence-corrected chi connectivity index (χ3v) is 1.02. The normalized spacial score (nSPS) is 20.5. The van der Waals surface area contributed by atoms with Crippen molar-refractivity contribution in [2.24, 2.45) is 0 Å². The summed E-state index contributed by atoms with van der Waals surface area (Å²) in [6.07, 6.45) is 5.15. The van der Waals surface area contributed by atoms with Crippen LogP contribution in [-0.4, -0.2) is 12.7 Å². The van der Waals surface area contributed by atoms with E-state index in [1.165, 1.54) is 6.42 Å². The van der Waals surface area contributed by atoms with Gasteiger partial charge in [-0.2, -0.15) is 6.92 Å². The molecule has 1 aliphatic rings.